The second kappa shape index (κ2) is 6.83. The Balaban J connectivity index is 1.90. The highest BCUT2D eigenvalue weighted by molar-refractivity contribution is 5.76. The minimum absolute atomic E-state index is 0.0330. The number of rotatable bonds is 5. The van der Waals surface area contributed by atoms with Gasteiger partial charge in [0.25, 0.3) is 5.56 Å². The molecule has 2 aromatic rings. The van der Waals surface area contributed by atoms with Crippen molar-refractivity contribution in [1.82, 2.24) is 14.9 Å². The lowest BCUT2D eigenvalue weighted by atomic mass is 10.1. The molecule has 0 unspecified atom stereocenters. The summed E-state index contributed by atoms with van der Waals surface area (Å²) in [6.45, 7) is 3.90. The predicted octanol–water partition coefficient (Wildman–Crippen LogP) is 1.30. The molecule has 0 aliphatic rings. The molecule has 0 radical (unpaired) electrons. The van der Waals surface area contributed by atoms with Gasteiger partial charge in [0.2, 0.25) is 5.91 Å². The molecule has 2 rings (SSSR count). The Labute approximate surface area is 123 Å². The van der Waals surface area contributed by atoms with Crippen LogP contribution in [-0.2, 0) is 17.8 Å². The molecular weight excluding hydrogens is 266 g/mol. The highest BCUT2D eigenvalue weighted by Gasteiger charge is 2.10. The largest absolute Gasteiger partial charge is 0.352 e. The lowest BCUT2D eigenvalue weighted by Crippen LogP contribution is -2.38. The molecule has 0 aliphatic carbocycles. The van der Waals surface area contributed by atoms with Gasteiger partial charge in [-0.3, -0.25) is 14.6 Å². The Bertz CT molecular complexity index is 679. The van der Waals surface area contributed by atoms with Gasteiger partial charge in [-0.1, -0.05) is 12.1 Å². The topological polar surface area (TPSA) is 64.0 Å². The van der Waals surface area contributed by atoms with Gasteiger partial charge >= 0.3 is 0 Å². The van der Waals surface area contributed by atoms with Gasteiger partial charge in [0.1, 0.15) is 6.54 Å². The van der Waals surface area contributed by atoms with Crippen LogP contribution in [0.3, 0.4) is 0 Å². The van der Waals surface area contributed by atoms with Crippen molar-refractivity contribution in [1.29, 1.82) is 0 Å². The molecule has 0 saturated carbocycles. The number of hydrogen-bond donors (Lipinski definition) is 1. The van der Waals surface area contributed by atoms with Gasteiger partial charge in [-0.2, -0.15) is 0 Å². The first-order valence-corrected chi connectivity index (χ1v) is 6.92. The maximum atomic E-state index is 11.9. The molecule has 1 amide bonds. The van der Waals surface area contributed by atoms with E-state index in [2.05, 4.69) is 10.3 Å². The fraction of sp³-hybridized carbons (Fsp3) is 0.312. The lowest BCUT2D eigenvalue weighted by Gasteiger charge is -2.14. The molecule has 0 aliphatic heterocycles. The maximum absolute atomic E-state index is 11.9. The normalized spacial score (nSPS) is 11.9. The standard InChI is InChI=1S/C16H19N3O2/c1-12-6-5-7-14(17-12)10-13(2)18-15(20)11-19-9-4-3-8-16(19)21/h3-9,13H,10-11H2,1-2H3,(H,18,20)/t13-/m1/s1. The third kappa shape index (κ3) is 4.56. The zero-order valence-electron chi connectivity index (χ0n) is 12.2. The quantitative estimate of drug-likeness (QED) is 0.900. The van der Waals surface area contributed by atoms with E-state index in [1.165, 1.54) is 10.6 Å². The first-order valence-electron chi connectivity index (χ1n) is 6.92. The maximum Gasteiger partial charge on any atom is 0.250 e. The molecule has 2 aromatic heterocycles. The van der Waals surface area contributed by atoms with E-state index in [1.807, 2.05) is 32.0 Å². The number of amides is 1. The van der Waals surface area contributed by atoms with E-state index < -0.39 is 0 Å². The summed E-state index contributed by atoms with van der Waals surface area (Å²) in [5.74, 6) is -0.177. The predicted molar refractivity (Wildman–Crippen MR) is 81.0 cm³/mol. The first-order chi connectivity index (χ1) is 10.0. The Morgan fingerprint density at radius 1 is 1.29 bits per heavy atom. The summed E-state index contributed by atoms with van der Waals surface area (Å²) in [7, 11) is 0. The van der Waals surface area contributed by atoms with Crippen molar-refractivity contribution in [3.63, 3.8) is 0 Å². The molecule has 0 bridgehead atoms. The summed E-state index contributed by atoms with van der Waals surface area (Å²) in [6, 6.07) is 10.6. The second-order valence-corrected chi connectivity index (χ2v) is 5.11. The van der Waals surface area contributed by atoms with Crippen LogP contribution in [0.15, 0.2) is 47.4 Å². The van der Waals surface area contributed by atoms with E-state index in [4.69, 9.17) is 0 Å². The van der Waals surface area contributed by atoms with Crippen molar-refractivity contribution in [2.24, 2.45) is 0 Å². The molecule has 0 fully saturated rings. The SMILES string of the molecule is Cc1cccc(C[C@@H](C)NC(=O)Cn2ccccc2=O)n1. The smallest absolute Gasteiger partial charge is 0.250 e. The van der Waals surface area contributed by atoms with E-state index in [1.54, 1.807) is 18.3 Å². The van der Waals surface area contributed by atoms with Gasteiger partial charge in [0.05, 0.1) is 0 Å². The van der Waals surface area contributed by atoms with Crippen molar-refractivity contribution in [2.45, 2.75) is 32.9 Å². The molecule has 1 N–H and O–H groups in total. The summed E-state index contributed by atoms with van der Waals surface area (Å²) in [4.78, 5) is 27.9. The number of hydrogen-bond acceptors (Lipinski definition) is 3. The van der Waals surface area contributed by atoms with Crippen LogP contribution in [0.25, 0.3) is 0 Å². The number of nitrogens with zero attached hydrogens (tertiary/aromatic N) is 2. The van der Waals surface area contributed by atoms with E-state index in [9.17, 15) is 9.59 Å². The van der Waals surface area contributed by atoms with Crippen molar-refractivity contribution < 1.29 is 4.79 Å². The molecule has 0 aromatic carbocycles. The molecular formula is C16H19N3O2. The number of carbonyl (C=O) groups is 1. The highest BCUT2D eigenvalue weighted by atomic mass is 16.2. The third-order valence-electron chi connectivity index (χ3n) is 3.08. The van der Waals surface area contributed by atoms with Crippen LogP contribution in [0.4, 0.5) is 0 Å². The Morgan fingerprint density at radius 3 is 2.81 bits per heavy atom. The van der Waals surface area contributed by atoms with Gasteiger partial charge in [-0.25, -0.2) is 0 Å². The minimum atomic E-state index is -0.180. The van der Waals surface area contributed by atoms with Crippen molar-refractivity contribution >= 4 is 5.91 Å². The molecule has 2 heterocycles. The fourth-order valence-corrected chi connectivity index (χ4v) is 2.14. The third-order valence-corrected chi connectivity index (χ3v) is 3.08. The van der Waals surface area contributed by atoms with E-state index in [0.717, 1.165) is 11.4 Å². The van der Waals surface area contributed by atoms with Crippen LogP contribution >= 0.6 is 0 Å². The van der Waals surface area contributed by atoms with Crippen LogP contribution in [-0.4, -0.2) is 21.5 Å². The molecule has 21 heavy (non-hydrogen) atoms. The number of nitrogens with one attached hydrogen (secondary N) is 1. The summed E-state index contributed by atoms with van der Waals surface area (Å²) in [5.41, 5.74) is 1.72. The van der Waals surface area contributed by atoms with Crippen LogP contribution in [0.5, 0.6) is 0 Å². The molecule has 110 valence electrons. The average Bonchev–Trinajstić information content (AvgIpc) is 2.41. The Kier molecular flexibility index (Phi) is 4.87. The van der Waals surface area contributed by atoms with Gasteiger partial charge in [-0.05, 0) is 32.0 Å². The van der Waals surface area contributed by atoms with Crippen LogP contribution in [0.1, 0.15) is 18.3 Å². The Morgan fingerprint density at radius 2 is 2.10 bits per heavy atom. The summed E-state index contributed by atoms with van der Waals surface area (Å²) >= 11 is 0. The van der Waals surface area contributed by atoms with Gasteiger partial charge < -0.3 is 9.88 Å². The lowest BCUT2D eigenvalue weighted by molar-refractivity contribution is -0.122. The van der Waals surface area contributed by atoms with Gasteiger partial charge in [0, 0.05) is 36.1 Å². The highest BCUT2D eigenvalue weighted by Crippen LogP contribution is 2.02. The molecule has 5 nitrogen and oxygen atoms in total. The zero-order chi connectivity index (χ0) is 15.2. The number of pyridine rings is 2. The Hall–Kier alpha value is -2.43. The molecule has 5 heteroatoms. The average molecular weight is 285 g/mol. The minimum Gasteiger partial charge on any atom is -0.352 e. The zero-order valence-corrected chi connectivity index (χ0v) is 12.2. The number of aromatic nitrogens is 2. The summed E-state index contributed by atoms with van der Waals surface area (Å²) in [6.07, 6.45) is 2.27. The summed E-state index contributed by atoms with van der Waals surface area (Å²) < 4.78 is 1.38. The fourth-order valence-electron chi connectivity index (χ4n) is 2.14. The summed E-state index contributed by atoms with van der Waals surface area (Å²) in [5, 5.41) is 2.88. The number of aryl methyl sites for hydroxylation is 1. The van der Waals surface area contributed by atoms with E-state index in [0.29, 0.717) is 6.42 Å². The first kappa shape index (κ1) is 15.0. The molecule has 0 saturated heterocycles. The van der Waals surface area contributed by atoms with Gasteiger partial charge in [-0.15, -0.1) is 0 Å². The second-order valence-electron chi connectivity index (χ2n) is 5.11. The molecule has 0 spiro atoms. The monoisotopic (exact) mass is 285 g/mol. The van der Waals surface area contributed by atoms with Crippen LogP contribution in [0, 0.1) is 6.92 Å². The van der Waals surface area contributed by atoms with Crippen LogP contribution in [0.2, 0.25) is 0 Å². The van der Waals surface area contributed by atoms with Gasteiger partial charge in [0.15, 0.2) is 0 Å². The van der Waals surface area contributed by atoms with Crippen molar-refractivity contribution in [3.05, 3.63) is 64.3 Å². The van der Waals surface area contributed by atoms with Crippen molar-refractivity contribution in [2.75, 3.05) is 0 Å². The van der Waals surface area contributed by atoms with Crippen molar-refractivity contribution in [3.8, 4) is 0 Å². The van der Waals surface area contributed by atoms with E-state index in [-0.39, 0.29) is 24.1 Å². The molecule has 1 atom stereocenters. The van der Waals surface area contributed by atoms with Crippen LogP contribution < -0.4 is 10.9 Å². The van der Waals surface area contributed by atoms with E-state index >= 15 is 0 Å². The number of carbonyl (C=O) groups excluding carboxylic acids is 1.